The summed E-state index contributed by atoms with van der Waals surface area (Å²) in [6, 6.07) is 47.7. The molecule has 5 aromatic carbocycles. The molecule has 8 aromatic rings. The zero-order chi connectivity index (χ0) is 33.0. The molecule has 5 nitrogen and oxygen atoms in total. The Morgan fingerprint density at radius 3 is 1.94 bits per heavy atom. The average Bonchev–Trinajstić information content (AvgIpc) is 3.76. The quantitative estimate of drug-likeness (QED) is 0.183. The van der Waals surface area contributed by atoms with E-state index in [0.29, 0.717) is 11.4 Å². The van der Waals surface area contributed by atoms with Gasteiger partial charge in [-0.05, 0) is 35.9 Å². The zero-order valence-corrected chi connectivity index (χ0v) is 27.6. The fourth-order valence-corrected chi connectivity index (χ4v) is 8.36. The molecule has 1 aliphatic carbocycles. The standard InChI is InChI=1S/C44H28N4OS/c1-4-12-27(13-5-1)35-26-36(28-14-6-2-7-15-28)46-43(45-35)30-21-23-38-34(24-30)32-22-20-31(25-39(32)50-38)44-47-40(29-16-8-3-9-17-29)42-41(48-44)33-18-10-11-19-37(33)49-42/h1-26,32,39H. The van der Waals surface area contributed by atoms with Crippen LogP contribution in [0, 0.1) is 0 Å². The monoisotopic (exact) mass is 660 g/mol. The molecule has 236 valence electrons. The van der Waals surface area contributed by atoms with Crippen molar-refractivity contribution in [1.82, 2.24) is 19.9 Å². The first kappa shape index (κ1) is 28.9. The first-order valence-electron chi connectivity index (χ1n) is 16.7. The molecule has 1 aliphatic heterocycles. The summed E-state index contributed by atoms with van der Waals surface area (Å²) >= 11 is 1.89. The molecule has 0 bridgehead atoms. The maximum absolute atomic E-state index is 6.33. The molecule has 4 heterocycles. The van der Waals surface area contributed by atoms with Crippen molar-refractivity contribution in [2.75, 3.05) is 0 Å². The fraction of sp³-hybridized carbons (Fsp3) is 0.0455. The minimum atomic E-state index is 0.219. The van der Waals surface area contributed by atoms with Crippen molar-refractivity contribution < 1.29 is 4.42 Å². The number of fused-ring (bicyclic) bond motifs is 6. The van der Waals surface area contributed by atoms with E-state index in [0.717, 1.165) is 67.2 Å². The van der Waals surface area contributed by atoms with Crippen molar-refractivity contribution in [3.8, 4) is 45.2 Å². The number of allylic oxidation sites excluding steroid dienone is 3. The van der Waals surface area contributed by atoms with Crippen LogP contribution < -0.4 is 0 Å². The van der Waals surface area contributed by atoms with Crippen LogP contribution in [-0.2, 0) is 0 Å². The van der Waals surface area contributed by atoms with Crippen LogP contribution >= 0.6 is 11.8 Å². The molecule has 0 saturated heterocycles. The molecule has 0 spiro atoms. The SMILES string of the molecule is C1=CC2c3cc(-c4nc(-c5ccccc5)cc(-c5ccccc5)n4)ccc3SC2C=C1c1nc(-c2ccccc2)c2oc3ccccc3c2n1. The van der Waals surface area contributed by atoms with Gasteiger partial charge in [-0.2, -0.15) is 0 Å². The third-order valence-corrected chi connectivity index (χ3v) is 10.8. The van der Waals surface area contributed by atoms with Crippen LogP contribution in [0.5, 0.6) is 0 Å². The van der Waals surface area contributed by atoms with Crippen molar-refractivity contribution in [3.05, 3.63) is 169 Å². The van der Waals surface area contributed by atoms with Gasteiger partial charge in [-0.25, -0.2) is 19.9 Å². The van der Waals surface area contributed by atoms with Crippen molar-refractivity contribution in [3.63, 3.8) is 0 Å². The number of para-hydroxylation sites is 1. The van der Waals surface area contributed by atoms with E-state index in [4.69, 9.17) is 24.4 Å². The number of hydrogen-bond acceptors (Lipinski definition) is 6. The predicted molar refractivity (Wildman–Crippen MR) is 203 cm³/mol. The first-order chi connectivity index (χ1) is 24.7. The second-order valence-electron chi connectivity index (χ2n) is 12.6. The van der Waals surface area contributed by atoms with E-state index in [1.165, 1.54) is 10.5 Å². The molecule has 2 unspecified atom stereocenters. The Bertz CT molecular complexity index is 2570. The molecule has 3 aromatic heterocycles. The van der Waals surface area contributed by atoms with E-state index in [9.17, 15) is 0 Å². The maximum atomic E-state index is 6.33. The van der Waals surface area contributed by atoms with E-state index in [1.807, 2.05) is 84.6 Å². The summed E-state index contributed by atoms with van der Waals surface area (Å²) in [5.74, 6) is 1.64. The molecular formula is C44H28N4OS. The lowest BCUT2D eigenvalue weighted by atomic mass is 9.89. The van der Waals surface area contributed by atoms with Gasteiger partial charge in [0.1, 0.15) is 16.8 Å². The Morgan fingerprint density at radius 1 is 0.560 bits per heavy atom. The van der Waals surface area contributed by atoms with Crippen LogP contribution in [0.3, 0.4) is 0 Å². The molecule has 0 fully saturated rings. The molecule has 6 heteroatoms. The van der Waals surface area contributed by atoms with Gasteiger partial charge in [0.2, 0.25) is 0 Å². The van der Waals surface area contributed by atoms with E-state index in [1.54, 1.807) is 0 Å². The number of rotatable bonds is 5. The average molecular weight is 661 g/mol. The minimum Gasteiger partial charge on any atom is -0.452 e. The summed E-state index contributed by atoms with van der Waals surface area (Å²) < 4.78 is 6.33. The third kappa shape index (κ3) is 4.96. The lowest BCUT2D eigenvalue weighted by molar-refractivity contribution is 0.667. The maximum Gasteiger partial charge on any atom is 0.180 e. The van der Waals surface area contributed by atoms with Gasteiger partial charge in [-0.3, -0.25) is 0 Å². The van der Waals surface area contributed by atoms with Crippen LogP contribution in [-0.4, -0.2) is 25.2 Å². The van der Waals surface area contributed by atoms with Crippen LogP contribution in [0.4, 0.5) is 0 Å². The molecule has 2 atom stereocenters. The largest absolute Gasteiger partial charge is 0.452 e. The molecular weight excluding hydrogens is 633 g/mol. The van der Waals surface area contributed by atoms with Gasteiger partial charge in [0.15, 0.2) is 17.2 Å². The van der Waals surface area contributed by atoms with Crippen LogP contribution in [0.25, 0.3) is 72.8 Å². The molecule has 0 N–H and O–H groups in total. The van der Waals surface area contributed by atoms with Crippen molar-refractivity contribution in [2.45, 2.75) is 16.1 Å². The highest BCUT2D eigenvalue weighted by atomic mass is 32.2. The molecule has 0 saturated carbocycles. The first-order valence-corrected chi connectivity index (χ1v) is 17.6. The summed E-state index contributed by atoms with van der Waals surface area (Å²) in [5.41, 5.74) is 11.4. The van der Waals surface area contributed by atoms with Crippen molar-refractivity contribution in [1.29, 1.82) is 0 Å². The normalized spacial score (nSPS) is 16.4. The summed E-state index contributed by atoms with van der Waals surface area (Å²) in [5, 5.41) is 1.21. The zero-order valence-electron chi connectivity index (χ0n) is 26.8. The molecule has 2 aliphatic rings. The number of benzene rings is 5. The minimum absolute atomic E-state index is 0.219. The molecule has 0 amide bonds. The second kappa shape index (κ2) is 11.8. The van der Waals surface area contributed by atoms with Crippen LogP contribution in [0.2, 0.25) is 0 Å². The molecule has 0 radical (unpaired) electrons. The van der Waals surface area contributed by atoms with Crippen molar-refractivity contribution in [2.24, 2.45) is 0 Å². The fourth-order valence-electron chi connectivity index (χ4n) is 6.99. The number of furan rings is 1. The van der Waals surface area contributed by atoms with Crippen LogP contribution in [0.15, 0.2) is 167 Å². The Balaban J connectivity index is 1.03. The Morgan fingerprint density at radius 2 is 1.22 bits per heavy atom. The van der Waals surface area contributed by atoms with E-state index < -0.39 is 0 Å². The Labute approximate surface area is 293 Å². The topological polar surface area (TPSA) is 64.7 Å². The smallest absolute Gasteiger partial charge is 0.180 e. The lowest BCUT2D eigenvalue weighted by Gasteiger charge is -2.19. The summed E-state index contributed by atoms with van der Waals surface area (Å²) in [6.45, 7) is 0. The highest BCUT2D eigenvalue weighted by Crippen LogP contribution is 2.50. The third-order valence-electron chi connectivity index (χ3n) is 9.46. The highest BCUT2D eigenvalue weighted by Gasteiger charge is 2.33. The Kier molecular flexibility index (Phi) is 6.81. The number of nitrogens with zero attached hydrogens (tertiary/aromatic N) is 4. The van der Waals surface area contributed by atoms with Gasteiger partial charge in [-0.15, -0.1) is 11.8 Å². The lowest BCUT2D eigenvalue weighted by Crippen LogP contribution is -2.10. The Hall–Kier alpha value is -6.11. The van der Waals surface area contributed by atoms with Gasteiger partial charge in [0, 0.05) is 49.3 Å². The second-order valence-corrected chi connectivity index (χ2v) is 13.8. The van der Waals surface area contributed by atoms with E-state index in [2.05, 4.69) is 85.0 Å². The van der Waals surface area contributed by atoms with Gasteiger partial charge < -0.3 is 4.42 Å². The molecule has 50 heavy (non-hydrogen) atoms. The summed E-state index contributed by atoms with van der Waals surface area (Å²) in [4.78, 5) is 21.7. The van der Waals surface area contributed by atoms with Crippen LogP contribution in [0.1, 0.15) is 17.3 Å². The van der Waals surface area contributed by atoms with Gasteiger partial charge in [0.05, 0.1) is 11.4 Å². The summed E-state index contributed by atoms with van der Waals surface area (Å²) in [7, 11) is 0. The van der Waals surface area contributed by atoms with Gasteiger partial charge in [-0.1, -0.05) is 127 Å². The number of hydrogen-bond donors (Lipinski definition) is 0. The van der Waals surface area contributed by atoms with E-state index >= 15 is 0 Å². The molecule has 10 rings (SSSR count). The van der Waals surface area contributed by atoms with E-state index in [-0.39, 0.29) is 11.2 Å². The highest BCUT2D eigenvalue weighted by molar-refractivity contribution is 8.00. The van der Waals surface area contributed by atoms with Crippen molar-refractivity contribution >= 4 is 39.4 Å². The number of thioether (sulfide) groups is 1. The summed E-state index contributed by atoms with van der Waals surface area (Å²) in [6.07, 6.45) is 6.82. The number of aromatic nitrogens is 4. The van der Waals surface area contributed by atoms with Gasteiger partial charge in [0.25, 0.3) is 0 Å². The van der Waals surface area contributed by atoms with Gasteiger partial charge >= 0.3 is 0 Å². The predicted octanol–water partition coefficient (Wildman–Crippen LogP) is 11.0.